The molecule has 0 saturated carbocycles. The van der Waals surface area contributed by atoms with Crippen LogP contribution in [0.4, 0.5) is 5.95 Å². The van der Waals surface area contributed by atoms with Gasteiger partial charge in [0.25, 0.3) is 0 Å². The molecule has 6 nitrogen and oxygen atoms in total. The van der Waals surface area contributed by atoms with E-state index in [1.165, 1.54) is 0 Å². The lowest BCUT2D eigenvalue weighted by Crippen LogP contribution is -2.37. The molecule has 1 saturated heterocycles. The molecule has 0 N–H and O–H groups in total. The number of hydrogen-bond acceptors (Lipinski definition) is 6. The molecule has 1 aliphatic rings. The molecule has 2 heterocycles. The van der Waals surface area contributed by atoms with E-state index in [0.717, 1.165) is 49.8 Å². The predicted molar refractivity (Wildman–Crippen MR) is 66.6 cm³/mol. The van der Waals surface area contributed by atoms with Crippen LogP contribution in [0.5, 0.6) is 0 Å². The van der Waals surface area contributed by atoms with Crippen molar-refractivity contribution in [3.05, 3.63) is 0 Å². The van der Waals surface area contributed by atoms with Gasteiger partial charge < -0.3 is 14.4 Å². The first-order chi connectivity index (χ1) is 8.33. The van der Waals surface area contributed by atoms with Gasteiger partial charge in [0.1, 0.15) is 0 Å². The molecule has 96 valence electrons. The first kappa shape index (κ1) is 12.7. The number of hydrogen-bond donors (Lipinski definition) is 0. The second-order valence-electron chi connectivity index (χ2n) is 3.78. The fourth-order valence-electron chi connectivity index (χ4n) is 1.69. The van der Waals surface area contributed by atoms with Crippen molar-refractivity contribution in [1.82, 2.24) is 14.8 Å². The molecular weight excluding hydrogens is 240 g/mol. The Bertz CT molecular complexity index is 352. The second kappa shape index (κ2) is 6.23. The lowest BCUT2D eigenvalue weighted by atomic mass is 10.4. The van der Waals surface area contributed by atoms with Crippen molar-refractivity contribution < 1.29 is 9.47 Å². The molecule has 0 radical (unpaired) electrons. The van der Waals surface area contributed by atoms with E-state index in [1.807, 2.05) is 11.6 Å². The molecular formula is C10H18N4O2S. The highest BCUT2D eigenvalue weighted by molar-refractivity contribution is 7.99. The van der Waals surface area contributed by atoms with Crippen LogP contribution in [0.3, 0.4) is 0 Å². The lowest BCUT2D eigenvalue weighted by molar-refractivity contribution is 0.121. The largest absolute Gasteiger partial charge is 0.384 e. The zero-order valence-corrected chi connectivity index (χ0v) is 11.1. The number of anilines is 1. The molecule has 0 aliphatic carbocycles. The van der Waals surface area contributed by atoms with E-state index in [1.54, 1.807) is 18.9 Å². The van der Waals surface area contributed by atoms with E-state index in [2.05, 4.69) is 15.1 Å². The SMILES string of the molecule is COCCSc1nnc(N2CCOCC2)n1C. The summed E-state index contributed by atoms with van der Waals surface area (Å²) in [6.45, 7) is 4.02. The Morgan fingerprint density at radius 1 is 1.35 bits per heavy atom. The van der Waals surface area contributed by atoms with Crippen molar-refractivity contribution in [2.75, 3.05) is 50.7 Å². The molecule has 0 amide bonds. The van der Waals surface area contributed by atoms with Crippen molar-refractivity contribution in [2.24, 2.45) is 7.05 Å². The van der Waals surface area contributed by atoms with E-state index in [9.17, 15) is 0 Å². The van der Waals surface area contributed by atoms with E-state index >= 15 is 0 Å². The molecule has 7 heteroatoms. The first-order valence-corrected chi connectivity index (χ1v) is 6.65. The maximum atomic E-state index is 5.33. The Kier molecular flexibility index (Phi) is 4.64. The fourth-order valence-corrected chi connectivity index (χ4v) is 2.49. The van der Waals surface area contributed by atoms with E-state index in [0.29, 0.717) is 0 Å². The van der Waals surface area contributed by atoms with Gasteiger partial charge in [-0.15, -0.1) is 10.2 Å². The van der Waals surface area contributed by atoms with Gasteiger partial charge in [0.2, 0.25) is 5.95 Å². The van der Waals surface area contributed by atoms with Crippen molar-refractivity contribution >= 4 is 17.7 Å². The van der Waals surface area contributed by atoms with Gasteiger partial charge in [0, 0.05) is 33.0 Å². The number of methoxy groups -OCH3 is 1. The minimum absolute atomic E-state index is 0.727. The molecule has 1 aliphatic heterocycles. The summed E-state index contributed by atoms with van der Waals surface area (Å²) in [5.41, 5.74) is 0. The van der Waals surface area contributed by atoms with Gasteiger partial charge in [-0.05, 0) is 0 Å². The molecule has 0 spiro atoms. The van der Waals surface area contributed by atoms with Crippen LogP contribution in [0.1, 0.15) is 0 Å². The summed E-state index contributed by atoms with van der Waals surface area (Å²) in [5, 5.41) is 9.37. The number of aromatic nitrogens is 3. The average molecular weight is 258 g/mol. The van der Waals surface area contributed by atoms with Gasteiger partial charge in [-0.25, -0.2) is 0 Å². The number of ether oxygens (including phenoxy) is 2. The van der Waals surface area contributed by atoms with Crippen molar-refractivity contribution in [1.29, 1.82) is 0 Å². The van der Waals surface area contributed by atoms with Crippen molar-refractivity contribution in [2.45, 2.75) is 5.16 Å². The van der Waals surface area contributed by atoms with Gasteiger partial charge in [-0.2, -0.15) is 0 Å². The molecule has 0 unspecified atom stereocenters. The van der Waals surface area contributed by atoms with Crippen LogP contribution in [-0.2, 0) is 16.5 Å². The van der Waals surface area contributed by atoms with Gasteiger partial charge in [-0.3, -0.25) is 4.57 Å². The first-order valence-electron chi connectivity index (χ1n) is 5.66. The maximum absolute atomic E-state index is 5.33. The average Bonchev–Trinajstić information content (AvgIpc) is 2.73. The van der Waals surface area contributed by atoms with Gasteiger partial charge >= 0.3 is 0 Å². The number of rotatable bonds is 5. The summed E-state index contributed by atoms with van der Waals surface area (Å²) in [4.78, 5) is 2.21. The zero-order chi connectivity index (χ0) is 12.1. The third-order valence-corrected chi connectivity index (χ3v) is 3.61. The van der Waals surface area contributed by atoms with Gasteiger partial charge in [-0.1, -0.05) is 11.8 Å². The minimum atomic E-state index is 0.727. The van der Waals surface area contributed by atoms with Crippen LogP contribution in [0.25, 0.3) is 0 Å². The maximum Gasteiger partial charge on any atom is 0.227 e. The monoisotopic (exact) mass is 258 g/mol. The summed E-state index contributed by atoms with van der Waals surface area (Å²) >= 11 is 1.66. The smallest absolute Gasteiger partial charge is 0.227 e. The Morgan fingerprint density at radius 2 is 2.12 bits per heavy atom. The van der Waals surface area contributed by atoms with Crippen LogP contribution < -0.4 is 4.90 Å². The molecule has 1 aromatic rings. The summed E-state index contributed by atoms with van der Waals surface area (Å²) in [6, 6.07) is 0. The Balaban J connectivity index is 1.98. The topological polar surface area (TPSA) is 52.4 Å². The zero-order valence-electron chi connectivity index (χ0n) is 10.3. The number of nitrogens with zero attached hydrogens (tertiary/aromatic N) is 4. The molecule has 1 aromatic heterocycles. The van der Waals surface area contributed by atoms with Gasteiger partial charge in [0.15, 0.2) is 5.16 Å². The molecule has 1 fully saturated rings. The summed E-state index contributed by atoms with van der Waals surface area (Å²) in [6.07, 6.45) is 0. The second-order valence-corrected chi connectivity index (χ2v) is 4.84. The van der Waals surface area contributed by atoms with Crippen molar-refractivity contribution in [3.8, 4) is 0 Å². The Morgan fingerprint density at radius 3 is 2.82 bits per heavy atom. The molecule has 17 heavy (non-hydrogen) atoms. The Hall–Kier alpha value is -0.790. The highest BCUT2D eigenvalue weighted by Crippen LogP contribution is 2.20. The van der Waals surface area contributed by atoms with E-state index in [4.69, 9.17) is 9.47 Å². The minimum Gasteiger partial charge on any atom is -0.384 e. The van der Waals surface area contributed by atoms with Crippen LogP contribution in [-0.4, -0.2) is 60.5 Å². The fraction of sp³-hybridized carbons (Fsp3) is 0.800. The lowest BCUT2D eigenvalue weighted by Gasteiger charge is -2.27. The quantitative estimate of drug-likeness (QED) is 0.562. The highest BCUT2D eigenvalue weighted by atomic mass is 32.2. The summed E-state index contributed by atoms with van der Waals surface area (Å²) in [5.74, 6) is 1.82. The normalized spacial score (nSPS) is 16.5. The third-order valence-electron chi connectivity index (χ3n) is 2.62. The predicted octanol–water partition coefficient (Wildman–Crippen LogP) is 0.390. The van der Waals surface area contributed by atoms with Crippen LogP contribution in [0.15, 0.2) is 5.16 Å². The summed E-state index contributed by atoms with van der Waals surface area (Å²) < 4.78 is 12.4. The standard InChI is InChI=1S/C10H18N4O2S/c1-13-9(14-3-5-16-6-4-14)11-12-10(13)17-8-7-15-2/h3-8H2,1-2H3. The molecule has 0 atom stereocenters. The van der Waals surface area contributed by atoms with Crippen LogP contribution in [0, 0.1) is 0 Å². The van der Waals surface area contributed by atoms with Crippen LogP contribution in [0.2, 0.25) is 0 Å². The Labute approximate surface area is 105 Å². The summed E-state index contributed by atoms with van der Waals surface area (Å²) in [7, 11) is 3.70. The van der Waals surface area contributed by atoms with Gasteiger partial charge in [0.05, 0.1) is 19.8 Å². The van der Waals surface area contributed by atoms with E-state index in [-0.39, 0.29) is 0 Å². The van der Waals surface area contributed by atoms with E-state index < -0.39 is 0 Å². The third kappa shape index (κ3) is 3.11. The molecule has 0 aromatic carbocycles. The number of morpholine rings is 1. The van der Waals surface area contributed by atoms with Crippen LogP contribution >= 0.6 is 11.8 Å². The van der Waals surface area contributed by atoms with Crippen molar-refractivity contribution in [3.63, 3.8) is 0 Å². The molecule has 0 bridgehead atoms. The highest BCUT2D eigenvalue weighted by Gasteiger charge is 2.18. The molecule has 2 rings (SSSR count). The number of thioether (sulfide) groups is 1.